The number of ether oxygens (including phenoxy) is 7. The molecule has 9 aromatic rings. The molecule has 16 nitrogen and oxygen atoms in total. The van der Waals surface area contributed by atoms with Gasteiger partial charge < -0.3 is 56.9 Å². The van der Waals surface area contributed by atoms with E-state index in [1.807, 2.05) is 6.07 Å². The molecule has 0 bridgehead atoms. The van der Waals surface area contributed by atoms with Crippen molar-refractivity contribution in [3.05, 3.63) is 140 Å². The van der Waals surface area contributed by atoms with Crippen molar-refractivity contribution >= 4 is 38.8 Å². The van der Waals surface area contributed by atoms with E-state index in [0.29, 0.717) is 95.5 Å². The number of benzene rings is 6. The Morgan fingerprint density at radius 3 is 1.28 bits per heavy atom. The van der Waals surface area contributed by atoms with Gasteiger partial charge in [-0.1, -0.05) is 61.2 Å². The Balaban J connectivity index is 0.000000149. The minimum Gasteiger partial charge on any atom is -0.473 e. The quantitative estimate of drug-likeness (QED) is 0.0673. The van der Waals surface area contributed by atoms with Crippen LogP contribution in [0.5, 0.6) is 34.9 Å². The molecule has 3 aromatic heterocycles. The van der Waals surface area contributed by atoms with Crippen LogP contribution < -0.4 is 33.7 Å². The lowest BCUT2D eigenvalue weighted by molar-refractivity contribution is -0.275. The molecule has 1 amide bonds. The van der Waals surface area contributed by atoms with Crippen LogP contribution in [-0.2, 0) is 9.53 Å². The van der Waals surface area contributed by atoms with Crippen LogP contribution >= 0.6 is 0 Å². The summed E-state index contributed by atoms with van der Waals surface area (Å²) in [6.07, 6.45) is -10.8. The molecule has 2 aliphatic heterocycles. The second-order valence-electron chi connectivity index (χ2n) is 18.3. The van der Waals surface area contributed by atoms with Gasteiger partial charge in [0.1, 0.15) is 37.1 Å². The summed E-state index contributed by atoms with van der Waals surface area (Å²) in [5.41, 5.74) is 7.15. The summed E-state index contributed by atoms with van der Waals surface area (Å²) in [4.78, 5) is 13.4. The van der Waals surface area contributed by atoms with Crippen molar-refractivity contribution in [2.24, 2.45) is 0 Å². The fraction of sp³-hybridized carbons (Fsp3) is 0.263. The molecule has 2 saturated heterocycles. The van der Waals surface area contributed by atoms with Gasteiger partial charge in [0.15, 0.2) is 16.7 Å². The van der Waals surface area contributed by atoms with E-state index in [1.165, 1.54) is 48.5 Å². The van der Waals surface area contributed by atoms with E-state index >= 15 is 0 Å². The molecule has 5 heterocycles. The van der Waals surface area contributed by atoms with E-state index in [1.54, 1.807) is 84.8 Å². The molecule has 0 radical (unpaired) electrons. The molecule has 11 rings (SSSR count). The molecule has 0 saturated carbocycles. The molecule has 6 aromatic carbocycles. The molecule has 1 N–H and O–H groups in total. The lowest BCUT2D eigenvalue weighted by Gasteiger charge is -2.14. The van der Waals surface area contributed by atoms with E-state index in [-0.39, 0.29) is 29.2 Å². The maximum Gasteiger partial charge on any atom is 0.573 e. The van der Waals surface area contributed by atoms with Crippen molar-refractivity contribution in [1.29, 1.82) is 0 Å². The van der Waals surface area contributed by atoms with Crippen molar-refractivity contribution in [3.8, 4) is 68.3 Å². The lowest BCUT2D eigenvalue weighted by atomic mass is 10.0. The number of alkyl halides is 9. The van der Waals surface area contributed by atoms with Gasteiger partial charge in [0.25, 0.3) is 17.6 Å². The number of rotatable bonds is 17. The van der Waals surface area contributed by atoms with Crippen LogP contribution in [0.15, 0.2) is 153 Å². The third kappa shape index (κ3) is 15.6. The minimum atomic E-state index is -4.73. The average Bonchev–Trinajstić information content (AvgIpc) is 4.49. The highest BCUT2D eigenvalue weighted by Gasteiger charge is 2.33. The zero-order chi connectivity index (χ0) is 58.0. The van der Waals surface area contributed by atoms with Crippen LogP contribution in [0.4, 0.5) is 39.5 Å². The first kappa shape index (κ1) is 57.6. The molecule has 0 aliphatic carbocycles. The molecule has 0 spiro atoms. The van der Waals surface area contributed by atoms with Crippen LogP contribution in [0, 0.1) is 0 Å². The largest absolute Gasteiger partial charge is 0.573 e. The normalized spacial score (nSPS) is 14.5. The Kier molecular flexibility index (Phi) is 17.6. The number of likely N-dealkylation sites (tertiary alicyclic amines) is 1. The highest BCUT2D eigenvalue weighted by Crippen LogP contribution is 2.36. The van der Waals surface area contributed by atoms with Gasteiger partial charge in [0.05, 0.1) is 35.4 Å². The fourth-order valence-corrected chi connectivity index (χ4v) is 8.65. The Labute approximate surface area is 459 Å². The SMILES string of the molecule is C=C1CC[C@H](COc2noc3ccc(-c4ccc(OC(F)(F)F)cc4)cc23)N1.COCCOc1noc2ccc(-c3ccc(OC(F)(F)F)cc3)cc12.O=C1CCCN1CCOc1noc2ccc(-c3ccc(OC(F)(F)F)cc3)cc12. The minimum absolute atomic E-state index is 0.124. The van der Waals surface area contributed by atoms with Crippen LogP contribution in [0.25, 0.3) is 66.3 Å². The summed E-state index contributed by atoms with van der Waals surface area (Å²) < 4.78 is 160. The van der Waals surface area contributed by atoms with Gasteiger partial charge in [-0.3, -0.25) is 4.79 Å². The third-order valence-corrected chi connectivity index (χ3v) is 12.5. The Morgan fingerprint density at radius 1 is 0.537 bits per heavy atom. The molecule has 430 valence electrons. The predicted octanol–water partition coefficient (Wildman–Crippen LogP) is 13.9. The molecular formula is C57H48F9N5O11. The standard InChI is InChI=1S/C20H17F3N2O4.C20H17F3N2O3.C17H14F3NO4/c21-20(22,23)28-15-6-3-13(4-7-15)14-5-8-17-16(12-14)19(24-29-17)27-11-10-25-9-1-2-18(25)26;1-12-2-6-15(24-12)11-26-19-17-10-14(5-9-18(17)28-25-19)13-3-7-16(8-4-13)27-20(21,22)23;1-22-8-9-23-16-14-10-12(4-7-15(14)25-21-16)11-2-5-13(6-3-11)24-17(18,19)20/h3-8,12H,1-2,9-11H2;3-5,7-10,15,24H,1-2,6,11H2;2-7,10H,8-9H2,1H3/t;15-;/m.1./s1. The van der Waals surface area contributed by atoms with Crippen molar-refractivity contribution in [3.63, 3.8) is 0 Å². The van der Waals surface area contributed by atoms with Crippen molar-refractivity contribution in [2.75, 3.05) is 46.6 Å². The van der Waals surface area contributed by atoms with E-state index in [2.05, 4.69) is 41.6 Å². The Bertz CT molecular complexity index is 3600. The summed E-state index contributed by atoms with van der Waals surface area (Å²) in [6.45, 7) is 6.58. The monoisotopic (exact) mass is 1150 g/mol. The molecule has 25 heteroatoms. The topological polar surface area (TPSA) is 175 Å². The van der Waals surface area contributed by atoms with Gasteiger partial charge in [0, 0.05) is 25.8 Å². The van der Waals surface area contributed by atoms with Gasteiger partial charge in [-0.15, -0.1) is 39.5 Å². The van der Waals surface area contributed by atoms with Crippen molar-refractivity contribution in [1.82, 2.24) is 25.7 Å². The van der Waals surface area contributed by atoms with Crippen molar-refractivity contribution in [2.45, 2.75) is 50.8 Å². The number of allylic oxidation sites excluding steroid dienone is 1. The molecule has 82 heavy (non-hydrogen) atoms. The zero-order valence-corrected chi connectivity index (χ0v) is 43.2. The first-order chi connectivity index (χ1) is 39.2. The number of methoxy groups -OCH3 is 1. The first-order valence-electron chi connectivity index (χ1n) is 25.1. The molecular weight excluding hydrogens is 1100 g/mol. The number of hydrogen-bond donors (Lipinski definition) is 1. The van der Waals surface area contributed by atoms with Crippen LogP contribution in [0.2, 0.25) is 0 Å². The Hall–Kier alpha value is -9.13. The van der Waals surface area contributed by atoms with E-state index in [9.17, 15) is 44.3 Å². The molecule has 2 aliphatic rings. The number of nitrogens with one attached hydrogen (secondary N) is 1. The predicted molar refractivity (Wildman–Crippen MR) is 278 cm³/mol. The summed E-state index contributed by atoms with van der Waals surface area (Å²) in [5.74, 6) is 0.333. The molecule has 2 fully saturated rings. The maximum absolute atomic E-state index is 12.3. The number of carbonyl (C=O) groups excluding carboxylic acids is 1. The highest BCUT2D eigenvalue weighted by molar-refractivity contribution is 5.89. The highest BCUT2D eigenvalue weighted by atomic mass is 19.4. The van der Waals surface area contributed by atoms with Gasteiger partial charge >= 0.3 is 19.1 Å². The summed E-state index contributed by atoms with van der Waals surface area (Å²) >= 11 is 0. The van der Waals surface area contributed by atoms with Crippen LogP contribution in [-0.4, -0.2) is 98.0 Å². The van der Waals surface area contributed by atoms with Gasteiger partial charge in [-0.05, 0) is 141 Å². The average molecular weight is 1150 g/mol. The summed E-state index contributed by atoms with van der Waals surface area (Å²) in [6, 6.07) is 33.0. The zero-order valence-electron chi connectivity index (χ0n) is 43.2. The Morgan fingerprint density at radius 2 is 0.927 bits per heavy atom. The fourth-order valence-electron chi connectivity index (χ4n) is 8.65. The lowest BCUT2D eigenvalue weighted by Crippen LogP contribution is -2.29. The van der Waals surface area contributed by atoms with E-state index in [0.717, 1.165) is 59.3 Å². The molecule has 1 atom stereocenters. The van der Waals surface area contributed by atoms with Gasteiger partial charge in [-0.2, -0.15) is 0 Å². The summed E-state index contributed by atoms with van der Waals surface area (Å²) in [5, 5.41) is 17.0. The summed E-state index contributed by atoms with van der Waals surface area (Å²) in [7, 11) is 1.56. The first-order valence-corrected chi connectivity index (χ1v) is 25.1. The van der Waals surface area contributed by atoms with Gasteiger partial charge in [0.2, 0.25) is 5.91 Å². The maximum atomic E-state index is 12.3. The van der Waals surface area contributed by atoms with Crippen LogP contribution in [0.3, 0.4) is 0 Å². The number of hydrogen-bond acceptors (Lipinski definition) is 15. The van der Waals surface area contributed by atoms with E-state index in [4.69, 9.17) is 32.5 Å². The second kappa shape index (κ2) is 25.1. The van der Waals surface area contributed by atoms with Crippen LogP contribution in [0.1, 0.15) is 25.7 Å². The number of halogens is 9. The van der Waals surface area contributed by atoms with Crippen molar-refractivity contribution < 1.29 is 91.0 Å². The number of aromatic nitrogens is 3. The third-order valence-electron chi connectivity index (χ3n) is 12.5. The van der Waals surface area contributed by atoms with E-state index < -0.39 is 19.1 Å². The number of nitrogens with zero attached hydrogens (tertiary/aromatic N) is 4. The van der Waals surface area contributed by atoms with Gasteiger partial charge in [-0.25, -0.2) is 0 Å². The number of amides is 1. The smallest absolute Gasteiger partial charge is 0.473 e. The molecule has 0 unspecified atom stereocenters. The number of fused-ring (bicyclic) bond motifs is 3. The second-order valence-corrected chi connectivity index (χ2v) is 18.3. The number of carbonyl (C=O) groups is 1.